The van der Waals surface area contributed by atoms with Crippen molar-refractivity contribution in [1.82, 2.24) is 5.32 Å². The van der Waals surface area contributed by atoms with Crippen LogP contribution in [0.2, 0.25) is 0 Å². The molecule has 0 aromatic rings. The number of carbonyl (C=O) groups is 3. The van der Waals surface area contributed by atoms with E-state index in [0.29, 0.717) is 12.8 Å². The third kappa shape index (κ3) is 9.65. The van der Waals surface area contributed by atoms with Gasteiger partial charge in [0.15, 0.2) is 0 Å². The molecule has 0 unspecified atom stereocenters. The molecule has 6 heteroatoms. The van der Waals surface area contributed by atoms with Gasteiger partial charge in [0.25, 0.3) is 0 Å². The van der Waals surface area contributed by atoms with Crippen molar-refractivity contribution < 1.29 is 23.9 Å². The fourth-order valence-corrected chi connectivity index (χ4v) is 1.67. The first kappa shape index (κ1) is 19.1. The maximum atomic E-state index is 11.7. The highest BCUT2D eigenvalue weighted by Crippen LogP contribution is 2.05. The molecule has 0 fully saturated rings. The van der Waals surface area contributed by atoms with Gasteiger partial charge in [0.1, 0.15) is 11.8 Å². The van der Waals surface area contributed by atoms with Gasteiger partial charge in [-0.2, -0.15) is 0 Å². The van der Waals surface area contributed by atoms with E-state index >= 15 is 0 Å². The zero-order valence-electron chi connectivity index (χ0n) is 13.0. The number of nitrogens with one attached hydrogen (secondary N) is 1. The van der Waals surface area contributed by atoms with E-state index in [-0.39, 0.29) is 25.2 Å². The van der Waals surface area contributed by atoms with Crippen molar-refractivity contribution in [3.8, 4) is 0 Å². The molecule has 1 N–H and O–H groups in total. The molecule has 0 radical (unpaired) electrons. The van der Waals surface area contributed by atoms with Gasteiger partial charge in [-0.3, -0.25) is 4.79 Å². The third-order valence-corrected chi connectivity index (χ3v) is 2.76. The molecule has 1 atom stereocenters. The van der Waals surface area contributed by atoms with E-state index in [9.17, 15) is 14.4 Å². The Labute approximate surface area is 125 Å². The van der Waals surface area contributed by atoms with E-state index in [4.69, 9.17) is 4.74 Å². The molecule has 120 valence electrons. The number of hydrogen-bond donors (Lipinski definition) is 1. The van der Waals surface area contributed by atoms with E-state index in [1.165, 1.54) is 7.11 Å². The lowest BCUT2D eigenvalue weighted by molar-refractivity contribution is -0.143. The Hall–Kier alpha value is -1.85. The minimum atomic E-state index is -0.857. The number of allylic oxidation sites excluding steroid dienone is 2. The van der Waals surface area contributed by atoms with Crippen LogP contribution in [0, 0.1) is 0 Å². The Balaban J connectivity index is 4.22. The van der Waals surface area contributed by atoms with Crippen LogP contribution in [-0.2, 0) is 19.1 Å². The molecule has 0 spiro atoms. The molecule has 0 bridgehead atoms. The highest BCUT2D eigenvalue weighted by Gasteiger charge is 2.22. The minimum absolute atomic E-state index is 0.0512. The molecule has 0 saturated carbocycles. The number of Topliss-reactive ketones (excluding diaryl/α,β-unsaturated/α-hetero) is 1. The molecule has 0 aliphatic carbocycles. The summed E-state index contributed by atoms with van der Waals surface area (Å²) in [5.74, 6) is -0.531. The zero-order chi connectivity index (χ0) is 16.1. The van der Waals surface area contributed by atoms with Gasteiger partial charge in [-0.1, -0.05) is 19.1 Å². The number of ketones is 1. The van der Waals surface area contributed by atoms with Gasteiger partial charge in [-0.25, -0.2) is 9.59 Å². The standard InChI is InChI=1S/C15H25NO5/c1-4-6-7-8-9-12(17)10-11-13(14(18)20-3)16-15(19)21-5-2/h6-7,13H,4-5,8-11H2,1-3H3,(H,16,19)/b7-6-/t13-/m0/s1. The summed E-state index contributed by atoms with van der Waals surface area (Å²) in [5.41, 5.74) is 0. The molecule has 0 rings (SSSR count). The lowest BCUT2D eigenvalue weighted by Gasteiger charge is -2.15. The lowest BCUT2D eigenvalue weighted by Crippen LogP contribution is -2.42. The van der Waals surface area contributed by atoms with Gasteiger partial charge >= 0.3 is 12.1 Å². The Kier molecular flexibility index (Phi) is 10.9. The number of carbonyl (C=O) groups excluding carboxylic acids is 3. The van der Waals surface area contributed by atoms with Crippen LogP contribution in [0.1, 0.15) is 46.0 Å². The van der Waals surface area contributed by atoms with Crippen LogP contribution in [-0.4, -0.2) is 37.6 Å². The molecule has 1 amide bonds. The fourth-order valence-electron chi connectivity index (χ4n) is 1.67. The van der Waals surface area contributed by atoms with Crippen LogP contribution in [0.15, 0.2) is 12.2 Å². The number of hydrogen-bond acceptors (Lipinski definition) is 5. The van der Waals surface area contributed by atoms with E-state index < -0.39 is 18.1 Å². The van der Waals surface area contributed by atoms with Crippen molar-refractivity contribution in [2.75, 3.05) is 13.7 Å². The van der Waals surface area contributed by atoms with Gasteiger partial charge in [0.05, 0.1) is 13.7 Å². The molecule has 6 nitrogen and oxygen atoms in total. The highest BCUT2D eigenvalue weighted by molar-refractivity contribution is 5.83. The van der Waals surface area contributed by atoms with Gasteiger partial charge in [0.2, 0.25) is 0 Å². The molecular weight excluding hydrogens is 274 g/mol. The van der Waals surface area contributed by atoms with Crippen molar-refractivity contribution in [2.24, 2.45) is 0 Å². The second kappa shape index (κ2) is 11.9. The van der Waals surface area contributed by atoms with Gasteiger partial charge in [-0.05, 0) is 26.2 Å². The summed E-state index contributed by atoms with van der Waals surface area (Å²) >= 11 is 0. The second-order valence-corrected chi connectivity index (χ2v) is 4.44. The van der Waals surface area contributed by atoms with Crippen LogP contribution in [0.25, 0.3) is 0 Å². The molecular formula is C15H25NO5. The first-order valence-corrected chi connectivity index (χ1v) is 7.22. The number of esters is 1. The minimum Gasteiger partial charge on any atom is -0.467 e. The van der Waals surface area contributed by atoms with Gasteiger partial charge in [-0.15, -0.1) is 0 Å². The maximum absolute atomic E-state index is 11.7. The SMILES string of the molecule is CC/C=C\CCC(=O)CC[C@H](NC(=O)OCC)C(=O)OC. The lowest BCUT2D eigenvalue weighted by atomic mass is 10.1. The predicted molar refractivity (Wildman–Crippen MR) is 78.9 cm³/mol. The molecule has 21 heavy (non-hydrogen) atoms. The summed E-state index contributed by atoms with van der Waals surface area (Å²) in [6, 6.07) is -0.857. The van der Waals surface area contributed by atoms with Crippen molar-refractivity contribution >= 4 is 17.8 Å². The van der Waals surface area contributed by atoms with E-state index in [2.05, 4.69) is 10.1 Å². The predicted octanol–water partition coefficient (Wildman–Crippen LogP) is 2.37. The molecule has 0 aromatic heterocycles. The average molecular weight is 299 g/mol. The van der Waals surface area contributed by atoms with Crippen LogP contribution < -0.4 is 5.32 Å². The van der Waals surface area contributed by atoms with E-state index in [1.54, 1.807) is 6.92 Å². The summed E-state index contributed by atoms with van der Waals surface area (Å²) < 4.78 is 9.32. The normalized spacial score (nSPS) is 12.0. The van der Waals surface area contributed by atoms with Crippen molar-refractivity contribution in [3.05, 3.63) is 12.2 Å². The fraction of sp³-hybridized carbons (Fsp3) is 0.667. The Morgan fingerprint density at radius 3 is 2.43 bits per heavy atom. The number of ether oxygens (including phenoxy) is 2. The van der Waals surface area contributed by atoms with E-state index in [1.807, 2.05) is 19.1 Å². The maximum Gasteiger partial charge on any atom is 0.407 e. The number of methoxy groups -OCH3 is 1. The zero-order valence-corrected chi connectivity index (χ0v) is 13.0. The Morgan fingerprint density at radius 1 is 1.14 bits per heavy atom. The quantitative estimate of drug-likeness (QED) is 0.494. The molecule has 0 aliphatic heterocycles. The summed E-state index contributed by atoms with van der Waals surface area (Å²) in [4.78, 5) is 34.6. The van der Waals surface area contributed by atoms with Crippen LogP contribution in [0.5, 0.6) is 0 Å². The second-order valence-electron chi connectivity index (χ2n) is 4.44. The van der Waals surface area contributed by atoms with Gasteiger partial charge in [0, 0.05) is 12.8 Å². The first-order valence-electron chi connectivity index (χ1n) is 7.22. The first-order chi connectivity index (χ1) is 10.0. The number of alkyl carbamates (subject to hydrolysis) is 1. The number of amides is 1. The van der Waals surface area contributed by atoms with Gasteiger partial charge < -0.3 is 14.8 Å². The van der Waals surface area contributed by atoms with Crippen LogP contribution in [0.3, 0.4) is 0 Å². The Bertz CT molecular complexity index is 365. The van der Waals surface area contributed by atoms with Crippen molar-refractivity contribution in [3.63, 3.8) is 0 Å². The third-order valence-electron chi connectivity index (χ3n) is 2.76. The molecule has 0 aliphatic rings. The van der Waals surface area contributed by atoms with Crippen molar-refractivity contribution in [2.45, 2.75) is 52.0 Å². The highest BCUT2D eigenvalue weighted by atomic mass is 16.6. The van der Waals surface area contributed by atoms with Crippen LogP contribution in [0.4, 0.5) is 4.79 Å². The average Bonchev–Trinajstić information content (AvgIpc) is 2.47. The summed E-state index contributed by atoms with van der Waals surface area (Å²) in [6.45, 7) is 3.91. The Morgan fingerprint density at radius 2 is 1.86 bits per heavy atom. The summed E-state index contributed by atoms with van der Waals surface area (Å²) in [6.07, 6.45) is 5.78. The monoisotopic (exact) mass is 299 g/mol. The molecule has 0 aromatic carbocycles. The topological polar surface area (TPSA) is 81.7 Å². The van der Waals surface area contributed by atoms with Crippen molar-refractivity contribution in [1.29, 1.82) is 0 Å². The largest absolute Gasteiger partial charge is 0.467 e. The summed E-state index contributed by atoms with van der Waals surface area (Å²) in [5, 5.41) is 2.40. The molecule has 0 heterocycles. The smallest absolute Gasteiger partial charge is 0.407 e. The molecule has 0 saturated heterocycles. The van der Waals surface area contributed by atoms with Crippen LogP contribution >= 0.6 is 0 Å². The summed E-state index contributed by atoms with van der Waals surface area (Å²) in [7, 11) is 1.24. The number of rotatable bonds is 10. The van der Waals surface area contributed by atoms with E-state index in [0.717, 1.165) is 6.42 Å².